The zero-order valence-electron chi connectivity index (χ0n) is 13.2. The van der Waals surface area contributed by atoms with E-state index in [0.29, 0.717) is 6.42 Å². The number of para-hydroxylation sites is 2. The number of nitrogens with zero attached hydrogens (tertiary/aromatic N) is 1. The van der Waals surface area contributed by atoms with E-state index in [-0.39, 0.29) is 23.2 Å². The number of rotatable bonds is 6. The first-order chi connectivity index (χ1) is 11.5. The van der Waals surface area contributed by atoms with E-state index < -0.39 is 11.0 Å². The van der Waals surface area contributed by atoms with Crippen LogP contribution in [0, 0.1) is 10.1 Å². The van der Waals surface area contributed by atoms with Gasteiger partial charge in [-0.1, -0.05) is 24.3 Å². The van der Waals surface area contributed by atoms with Gasteiger partial charge in [-0.3, -0.25) is 10.1 Å². The highest BCUT2D eigenvalue weighted by Gasteiger charge is 2.15. The van der Waals surface area contributed by atoms with E-state index in [1.165, 1.54) is 12.1 Å². The Morgan fingerprint density at radius 1 is 1.21 bits per heavy atom. The fourth-order valence-electron chi connectivity index (χ4n) is 2.24. The summed E-state index contributed by atoms with van der Waals surface area (Å²) in [6.07, 6.45) is 1.45. The summed E-state index contributed by atoms with van der Waals surface area (Å²) in [6, 6.07) is 12.3. The molecule has 1 atom stereocenters. The minimum atomic E-state index is -0.538. The minimum Gasteiger partial charge on any atom is -0.508 e. The molecule has 0 spiro atoms. The molecule has 7 nitrogen and oxygen atoms in total. The molecule has 24 heavy (non-hydrogen) atoms. The van der Waals surface area contributed by atoms with Crippen LogP contribution in [-0.2, 0) is 6.42 Å². The van der Waals surface area contributed by atoms with Gasteiger partial charge in [0, 0.05) is 12.1 Å². The summed E-state index contributed by atoms with van der Waals surface area (Å²) < 4.78 is 0. The molecule has 2 aromatic carbocycles. The number of nitrogens with one attached hydrogen (secondary N) is 2. The van der Waals surface area contributed by atoms with Crippen LogP contribution >= 0.6 is 0 Å². The van der Waals surface area contributed by atoms with Gasteiger partial charge < -0.3 is 15.7 Å². The van der Waals surface area contributed by atoms with Gasteiger partial charge in [0.05, 0.1) is 4.92 Å². The molecule has 0 aromatic heterocycles. The molecule has 0 aliphatic carbocycles. The van der Waals surface area contributed by atoms with E-state index >= 15 is 0 Å². The number of benzene rings is 2. The van der Waals surface area contributed by atoms with Gasteiger partial charge in [0.25, 0.3) is 5.69 Å². The van der Waals surface area contributed by atoms with Gasteiger partial charge in [0.1, 0.15) is 11.4 Å². The highest BCUT2D eigenvalue weighted by Crippen LogP contribution is 2.22. The van der Waals surface area contributed by atoms with Crippen molar-refractivity contribution in [2.24, 2.45) is 0 Å². The predicted octanol–water partition coefficient (Wildman–Crippen LogP) is 3.44. The standard InChI is InChI=1S/C17H19N3O4/c1-12(6-7-13-8-10-14(21)11-9-13)18-17(22)19-15-4-2-3-5-16(15)20(23)24/h2-5,8-12,21H,6-7H2,1H3,(H2,18,19,22). The van der Waals surface area contributed by atoms with Crippen LogP contribution in [0.2, 0.25) is 0 Å². The van der Waals surface area contributed by atoms with Crippen molar-refractivity contribution in [1.29, 1.82) is 0 Å². The van der Waals surface area contributed by atoms with E-state index in [1.807, 2.05) is 19.1 Å². The monoisotopic (exact) mass is 329 g/mol. The Hall–Kier alpha value is -3.09. The number of aryl methyl sites for hydroxylation is 1. The summed E-state index contributed by atoms with van der Waals surface area (Å²) in [5.41, 5.74) is 1.07. The Kier molecular flexibility index (Phi) is 5.73. The Morgan fingerprint density at radius 3 is 2.54 bits per heavy atom. The number of aromatic hydroxyl groups is 1. The molecule has 126 valence electrons. The summed E-state index contributed by atoms with van der Waals surface area (Å²) in [6.45, 7) is 1.86. The number of nitro benzene ring substituents is 1. The first kappa shape index (κ1) is 17.3. The Bertz CT molecular complexity index is 716. The Labute approximate surface area is 139 Å². The molecule has 0 aliphatic heterocycles. The molecule has 2 rings (SSSR count). The van der Waals surface area contributed by atoms with Crippen molar-refractivity contribution in [3.8, 4) is 5.75 Å². The van der Waals surface area contributed by atoms with E-state index in [0.717, 1.165) is 12.0 Å². The summed E-state index contributed by atoms with van der Waals surface area (Å²) in [4.78, 5) is 22.4. The van der Waals surface area contributed by atoms with Crippen LogP contribution in [0.1, 0.15) is 18.9 Å². The van der Waals surface area contributed by atoms with Gasteiger partial charge >= 0.3 is 6.03 Å². The summed E-state index contributed by atoms with van der Waals surface area (Å²) in [5, 5.41) is 25.4. The minimum absolute atomic E-state index is 0.110. The molecule has 0 bridgehead atoms. The third-order valence-electron chi connectivity index (χ3n) is 3.53. The lowest BCUT2D eigenvalue weighted by Crippen LogP contribution is -2.36. The maximum Gasteiger partial charge on any atom is 0.319 e. The quantitative estimate of drug-likeness (QED) is 0.557. The second-order valence-corrected chi connectivity index (χ2v) is 5.48. The van der Waals surface area contributed by atoms with Gasteiger partial charge in [0.2, 0.25) is 0 Å². The number of carbonyl (C=O) groups excluding carboxylic acids is 1. The summed E-state index contributed by atoms with van der Waals surface area (Å²) >= 11 is 0. The molecule has 2 aromatic rings. The van der Waals surface area contributed by atoms with Gasteiger partial charge in [-0.2, -0.15) is 0 Å². The van der Waals surface area contributed by atoms with Crippen LogP contribution in [0.25, 0.3) is 0 Å². The highest BCUT2D eigenvalue weighted by atomic mass is 16.6. The number of nitro groups is 1. The third kappa shape index (κ3) is 4.98. The van der Waals surface area contributed by atoms with Crippen molar-refractivity contribution in [3.63, 3.8) is 0 Å². The summed E-state index contributed by atoms with van der Waals surface area (Å²) in [7, 11) is 0. The van der Waals surface area contributed by atoms with Gasteiger partial charge in [-0.25, -0.2) is 4.79 Å². The van der Waals surface area contributed by atoms with E-state index in [4.69, 9.17) is 0 Å². The molecule has 0 fully saturated rings. The molecule has 0 aliphatic rings. The third-order valence-corrected chi connectivity index (χ3v) is 3.53. The highest BCUT2D eigenvalue weighted by molar-refractivity contribution is 5.91. The van der Waals surface area contributed by atoms with Crippen LogP contribution in [0.4, 0.5) is 16.2 Å². The molecular weight excluding hydrogens is 310 g/mol. The van der Waals surface area contributed by atoms with Crippen LogP contribution in [0.15, 0.2) is 48.5 Å². The number of hydrogen-bond donors (Lipinski definition) is 3. The van der Waals surface area contributed by atoms with Crippen molar-refractivity contribution in [1.82, 2.24) is 5.32 Å². The fraction of sp³-hybridized carbons (Fsp3) is 0.235. The molecule has 1 unspecified atom stereocenters. The molecule has 0 saturated carbocycles. The molecule has 2 amide bonds. The zero-order chi connectivity index (χ0) is 17.5. The first-order valence-electron chi connectivity index (χ1n) is 7.54. The van der Waals surface area contributed by atoms with Gasteiger partial charge in [-0.05, 0) is 43.5 Å². The molecule has 7 heteroatoms. The SMILES string of the molecule is CC(CCc1ccc(O)cc1)NC(=O)Nc1ccccc1[N+](=O)[O-]. The number of hydrogen-bond acceptors (Lipinski definition) is 4. The molecule has 0 saturated heterocycles. The van der Waals surface area contributed by atoms with Crippen molar-refractivity contribution in [2.75, 3.05) is 5.32 Å². The second-order valence-electron chi connectivity index (χ2n) is 5.48. The van der Waals surface area contributed by atoms with Crippen LogP contribution < -0.4 is 10.6 Å². The maximum absolute atomic E-state index is 12.0. The first-order valence-corrected chi connectivity index (χ1v) is 7.54. The van der Waals surface area contributed by atoms with Crippen LogP contribution in [-0.4, -0.2) is 22.1 Å². The molecular formula is C17H19N3O4. The number of amides is 2. The van der Waals surface area contributed by atoms with E-state index in [9.17, 15) is 20.0 Å². The number of phenolic OH excluding ortho intramolecular Hbond substituents is 1. The van der Waals surface area contributed by atoms with Gasteiger partial charge in [-0.15, -0.1) is 0 Å². The topological polar surface area (TPSA) is 104 Å². The number of phenols is 1. The van der Waals surface area contributed by atoms with Crippen LogP contribution in [0.3, 0.4) is 0 Å². The number of anilines is 1. The summed E-state index contributed by atoms with van der Waals surface area (Å²) in [5.74, 6) is 0.216. The van der Waals surface area contributed by atoms with Crippen molar-refractivity contribution in [2.45, 2.75) is 25.8 Å². The smallest absolute Gasteiger partial charge is 0.319 e. The molecule has 0 heterocycles. The lowest BCUT2D eigenvalue weighted by Gasteiger charge is -2.14. The normalized spacial score (nSPS) is 11.5. The zero-order valence-corrected chi connectivity index (χ0v) is 13.2. The Balaban J connectivity index is 1.85. The predicted molar refractivity (Wildman–Crippen MR) is 91.1 cm³/mol. The van der Waals surface area contributed by atoms with Gasteiger partial charge in [0.15, 0.2) is 0 Å². The van der Waals surface area contributed by atoms with Crippen molar-refractivity contribution < 1.29 is 14.8 Å². The lowest BCUT2D eigenvalue weighted by molar-refractivity contribution is -0.383. The molecule has 3 N–H and O–H groups in total. The van der Waals surface area contributed by atoms with Crippen molar-refractivity contribution in [3.05, 3.63) is 64.2 Å². The van der Waals surface area contributed by atoms with Crippen molar-refractivity contribution >= 4 is 17.4 Å². The second kappa shape index (κ2) is 7.96. The average molecular weight is 329 g/mol. The lowest BCUT2D eigenvalue weighted by atomic mass is 10.1. The average Bonchev–Trinajstić information content (AvgIpc) is 2.54. The maximum atomic E-state index is 12.0. The number of carbonyl (C=O) groups is 1. The van der Waals surface area contributed by atoms with E-state index in [1.54, 1.807) is 24.3 Å². The molecule has 0 radical (unpaired) electrons. The fourth-order valence-corrected chi connectivity index (χ4v) is 2.24. The van der Waals surface area contributed by atoms with Crippen LogP contribution in [0.5, 0.6) is 5.75 Å². The number of urea groups is 1. The van der Waals surface area contributed by atoms with E-state index in [2.05, 4.69) is 10.6 Å². The largest absolute Gasteiger partial charge is 0.508 e. The Morgan fingerprint density at radius 2 is 1.88 bits per heavy atom.